The standard InChI is InChI=1S/C11H15N3O2/c1-13(2)11(16)14(8-5-9-15)10-6-3-4-7-12-10/h3-4,6-7,9H,5,8H2,1-2H3. The van der Waals surface area contributed by atoms with Crippen LogP contribution in [-0.2, 0) is 4.79 Å². The molecule has 0 fully saturated rings. The maximum atomic E-state index is 11.8. The lowest BCUT2D eigenvalue weighted by molar-refractivity contribution is -0.107. The van der Waals surface area contributed by atoms with Crippen LogP contribution in [0.15, 0.2) is 24.4 Å². The van der Waals surface area contributed by atoms with Crippen LogP contribution in [0.3, 0.4) is 0 Å². The number of pyridine rings is 1. The summed E-state index contributed by atoms with van der Waals surface area (Å²) in [4.78, 5) is 29.2. The van der Waals surface area contributed by atoms with Gasteiger partial charge >= 0.3 is 6.03 Å². The Morgan fingerprint density at radius 2 is 2.19 bits per heavy atom. The number of rotatable bonds is 4. The largest absolute Gasteiger partial charge is 0.330 e. The molecule has 0 radical (unpaired) electrons. The number of hydrogen-bond acceptors (Lipinski definition) is 3. The summed E-state index contributed by atoms with van der Waals surface area (Å²) < 4.78 is 0. The van der Waals surface area contributed by atoms with Crippen LogP contribution < -0.4 is 4.90 Å². The number of carbonyl (C=O) groups excluding carboxylic acids is 2. The summed E-state index contributed by atoms with van der Waals surface area (Å²) in [5, 5.41) is 0. The van der Waals surface area contributed by atoms with E-state index in [1.54, 1.807) is 38.5 Å². The van der Waals surface area contributed by atoms with Crippen molar-refractivity contribution in [3.63, 3.8) is 0 Å². The lowest BCUT2D eigenvalue weighted by Gasteiger charge is -2.24. The van der Waals surface area contributed by atoms with Crippen molar-refractivity contribution in [1.29, 1.82) is 0 Å². The molecule has 1 heterocycles. The first-order valence-electron chi connectivity index (χ1n) is 5.00. The van der Waals surface area contributed by atoms with Crippen LogP contribution in [0.25, 0.3) is 0 Å². The summed E-state index contributed by atoms with van der Waals surface area (Å²) in [6.45, 7) is 0.345. The average Bonchev–Trinajstić information content (AvgIpc) is 2.30. The van der Waals surface area contributed by atoms with Gasteiger partial charge in [0, 0.05) is 33.3 Å². The third-order valence-corrected chi connectivity index (χ3v) is 2.01. The van der Waals surface area contributed by atoms with E-state index in [1.165, 1.54) is 9.80 Å². The topological polar surface area (TPSA) is 53.5 Å². The van der Waals surface area contributed by atoms with Gasteiger partial charge in [-0.1, -0.05) is 6.07 Å². The van der Waals surface area contributed by atoms with Gasteiger partial charge in [-0.2, -0.15) is 0 Å². The molecule has 1 aromatic rings. The Morgan fingerprint density at radius 3 is 2.69 bits per heavy atom. The molecule has 5 nitrogen and oxygen atoms in total. The zero-order chi connectivity index (χ0) is 12.0. The fourth-order valence-electron chi connectivity index (χ4n) is 1.24. The molecule has 0 aliphatic heterocycles. The predicted molar refractivity (Wildman–Crippen MR) is 61.3 cm³/mol. The number of aldehydes is 1. The molecule has 0 N–H and O–H groups in total. The van der Waals surface area contributed by atoms with Gasteiger partial charge in [0.25, 0.3) is 0 Å². The number of hydrogen-bond donors (Lipinski definition) is 0. The molecule has 0 spiro atoms. The van der Waals surface area contributed by atoms with Gasteiger partial charge < -0.3 is 9.69 Å². The van der Waals surface area contributed by atoms with E-state index < -0.39 is 0 Å². The smallest absolute Gasteiger partial charge is 0.325 e. The van der Waals surface area contributed by atoms with Gasteiger partial charge in [-0.3, -0.25) is 4.90 Å². The maximum Gasteiger partial charge on any atom is 0.325 e. The van der Waals surface area contributed by atoms with Gasteiger partial charge in [0.15, 0.2) is 0 Å². The van der Waals surface area contributed by atoms with Crippen LogP contribution in [0, 0.1) is 0 Å². The SMILES string of the molecule is CN(C)C(=O)N(CCC=O)c1ccccn1. The first kappa shape index (κ1) is 12.2. The highest BCUT2D eigenvalue weighted by atomic mass is 16.2. The Hall–Kier alpha value is -1.91. The number of anilines is 1. The van der Waals surface area contributed by atoms with Crippen molar-refractivity contribution < 1.29 is 9.59 Å². The first-order valence-corrected chi connectivity index (χ1v) is 5.00. The van der Waals surface area contributed by atoms with Crippen molar-refractivity contribution >= 4 is 18.1 Å². The van der Waals surface area contributed by atoms with Gasteiger partial charge in [-0.15, -0.1) is 0 Å². The fourth-order valence-corrected chi connectivity index (χ4v) is 1.24. The lowest BCUT2D eigenvalue weighted by Crippen LogP contribution is -2.40. The molecule has 0 bridgehead atoms. The third-order valence-electron chi connectivity index (χ3n) is 2.01. The third kappa shape index (κ3) is 3.05. The summed E-state index contributed by atoms with van der Waals surface area (Å²) in [6.07, 6.45) is 2.71. The van der Waals surface area contributed by atoms with Crippen LogP contribution in [0.2, 0.25) is 0 Å². The predicted octanol–water partition coefficient (Wildman–Crippen LogP) is 1.16. The molecule has 1 aromatic heterocycles. The molecule has 2 amide bonds. The van der Waals surface area contributed by atoms with E-state index >= 15 is 0 Å². The van der Waals surface area contributed by atoms with Crippen molar-refractivity contribution in [2.24, 2.45) is 0 Å². The van der Waals surface area contributed by atoms with Crippen LogP contribution in [0.5, 0.6) is 0 Å². The van der Waals surface area contributed by atoms with E-state index in [-0.39, 0.29) is 6.03 Å². The second-order valence-electron chi connectivity index (χ2n) is 3.47. The highest BCUT2D eigenvalue weighted by Gasteiger charge is 2.17. The molecule has 0 saturated carbocycles. The summed E-state index contributed by atoms with van der Waals surface area (Å²) in [7, 11) is 3.33. The average molecular weight is 221 g/mol. The minimum Gasteiger partial charge on any atom is -0.330 e. The minimum absolute atomic E-state index is 0.180. The highest BCUT2D eigenvalue weighted by Crippen LogP contribution is 2.11. The Bertz CT molecular complexity index is 352. The van der Waals surface area contributed by atoms with E-state index in [1.807, 2.05) is 0 Å². The van der Waals surface area contributed by atoms with Gasteiger partial charge in [0.1, 0.15) is 12.1 Å². The molecule has 0 aliphatic rings. The number of urea groups is 1. The molecule has 1 rings (SSSR count). The Morgan fingerprint density at radius 1 is 1.44 bits per heavy atom. The molecule has 0 aromatic carbocycles. The second kappa shape index (κ2) is 5.85. The Labute approximate surface area is 94.7 Å². The monoisotopic (exact) mass is 221 g/mol. The summed E-state index contributed by atoms with van der Waals surface area (Å²) in [6, 6.07) is 5.15. The first-order chi connectivity index (χ1) is 7.66. The van der Waals surface area contributed by atoms with Crippen molar-refractivity contribution in [2.45, 2.75) is 6.42 Å². The highest BCUT2D eigenvalue weighted by molar-refractivity contribution is 5.90. The van der Waals surface area contributed by atoms with E-state index in [2.05, 4.69) is 4.98 Å². The van der Waals surface area contributed by atoms with Crippen molar-refractivity contribution in [1.82, 2.24) is 9.88 Å². The van der Waals surface area contributed by atoms with Gasteiger partial charge in [0.2, 0.25) is 0 Å². The molecule has 0 saturated heterocycles. The zero-order valence-electron chi connectivity index (χ0n) is 9.46. The van der Waals surface area contributed by atoms with Crippen molar-refractivity contribution in [3.8, 4) is 0 Å². The van der Waals surface area contributed by atoms with Crippen LogP contribution in [-0.4, -0.2) is 42.8 Å². The second-order valence-corrected chi connectivity index (χ2v) is 3.47. The van der Waals surface area contributed by atoms with E-state index in [0.29, 0.717) is 18.8 Å². The number of carbonyl (C=O) groups is 2. The molecular weight excluding hydrogens is 206 g/mol. The van der Waals surface area contributed by atoms with E-state index in [0.717, 1.165) is 6.29 Å². The Balaban J connectivity index is 2.87. The summed E-state index contributed by atoms with van der Waals surface area (Å²) >= 11 is 0. The van der Waals surface area contributed by atoms with Crippen LogP contribution >= 0.6 is 0 Å². The van der Waals surface area contributed by atoms with Gasteiger partial charge in [-0.25, -0.2) is 9.78 Å². The lowest BCUT2D eigenvalue weighted by atomic mass is 10.3. The number of nitrogens with zero attached hydrogens (tertiary/aromatic N) is 3. The number of amides is 2. The quantitative estimate of drug-likeness (QED) is 0.717. The van der Waals surface area contributed by atoms with Gasteiger partial charge in [-0.05, 0) is 12.1 Å². The molecule has 0 aliphatic carbocycles. The zero-order valence-corrected chi connectivity index (χ0v) is 9.46. The summed E-state index contributed by atoms with van der Waals surface area (Å²) in [5.74, 6) is 0.558. The van der Waals surface area contributed by atoms with Crippen molar-refractivity contribution in [3.05, 3.63) is 24.4 Å². The number of aromatic nitrogens is 1. The molecule has 0 unspecified atom stereocenters. The Kier molecular flexibility index (Phi) is 4.44. The normalized spacial score (nSPS) is 9.62. The fraction of sp³-hybridized carbons (Fsp3) is 0.364. The molecule has 5 heteroatoms. The molecule has 16 heavy (non-hydrogen) atoms. The molecule has 86 valence electrons. The molecule has 0 atom stereocenters. The summed E-state index contributed by atoms with van der Waals surface area (Å²) in [5.41, 5.74) is 0. The van der Waals surface area contributed by atoms with Crippen LogP contribution in [0.1, 0.15) is 6.42 Å². The van der Waals surface area contributed by atoms with E-state index in [4.69, 9.17) is 0 Å². The van der Waals surface area contributed by atoms with E-state index in [9.17, 15) is 9.59 Å². The minimum atomic E-state index is -0.180. The van der Waals surface area contributed by atoms with Crippen LogP contribution in [0.4, 0.5) is 10.6 Å². The van der Waals surface area contributed by atoms with Crippen molar-refractivity contribution in [2.75, 3.05) is 25.5 Å². The van der Waals surface area contributed by atoms with Gasteiger partial charge in [0.05, 0.1) is 0 Å². The molecular formula is C11H15N3O2. The maximum absolute atomic E-state index is 11.8.